The van der Waals surface area contributed by atoms with Crippen molar-refractivity contribution >= 4 is 85.3 Å². The van der Waals surface area contributed by atoms with E-state index in [1.165, 1.54) is 0 Å². The molecule has 5 nitrogen and oxygen atoms in total. The summed E-state index contributed by atoms with van der Waals surface area (Å²) in [6.07, 6.45) is 1.67. The first-order chi connectivity index (χ1) is 16.3. The van der Waals surface area contributed by atoms with E-state index in [4.69, 9.17) is 40.2 Å². The highest BCUT2D eigenvalue weighted by Gasteiger charge is 2.34. The molecule has 1 aliphatic rings. The zero-order chi connectivity index (χ0) is 24.2. The number of ether oxygens (including phenoxy) is 1. The maximum absolute atomic E-state index is 13.0. The summed E-state index contributed by atoms with van der Waals surface area (Å²) in [7, 11) is 0. The number of amides is 2. The van der Waals surface area contributed by atoms with Crippen molar-refractivity contribution in [2.75, 3.05) is 0 Å². The number of thiocarbonyl (C=S) groups is 1. The van der Waals surface area contributed by atoms with Crippen LogP contribution in [-0.2, 0) is 11.4 Å². The van der Waals surface area contributed by atoms with E-state index in [2.05, 4.69) is 21.4 Å². The van der Waals surface area contributed by atoms with Crippen LogP contribution >= 0.6 is 63.1 Å². The van der Waals surface area contributed by atoms with Crippen molar-refractivity contribution in [1.82, 2.24) is 10.4 Å². The maximum atomic E-state index is 13.0. The third-order valence-corrected chi connectivity index (χ3v) is 7.22. The molecule has 0 aromatic heterocycles. The summed E-state index contributed by atoms with van der Waals surface area (Å²) in [6.45, 7) is 0.261. The van der Waals surface area contributed by atoms with Crippen LogP contribution in [0.4, 0.5) is 0 Å². The molecular weight excluding hydrogens is 579 g/mol. The fraction of sp³-hybridized carbons (Fsp3) is 0.0417. The van der Waals surface area contributed by atoms with Crippen molar-refractivity contribution in [3.05, 3.63) is 103 Å². The van der Waals surface area contributed by atoms with Gasteiger partial charge in [0.15, 0.2) is 4.32 Å². The van der Waals surface area contributed by atoms with Crippen molar-refractivity contribution in [2.24, 2.45) is 0 Å². The standard InChI is InChI=1S/C24H15BrCl2N2O3S2/c25-16-9-10-20(32-13-14-5-1-3-7-18(14)26)15(11-16)12-21-23(31)29(24(33)34-21)28-22(30)17-6-2-4-8-19(17)27/h1-12H,13H2,(H,28,30)/b21-12+. The van der Waals surface area contributed by atoms with Crippen molar-refractivity contribution < 1.29 is 14.3 Å². The molecule has 1 N–H and O–H groups in total. The molecule has 0 spiro atoms. The van der Waals surface area contributed by atoms with Gasteiger partial charge in [0.2, 0.25) is 0 Å². The summed E-state index contributed by atoms with van der Waals surface area (Å²) in [6, 6.07) is 19.4. The molecule has 4 rings (SSSR count). The molecule has 10 heteroatoms. The molecule has 0 aliphatic carbocycles. The number of nitrogens with one attached hydrogen (secondary N) is 1. The minimum atomic E-state index is -0.533. The van der Waals surface area contributed by atoms with Crippen molar-refractivity contribution in [1.29, 1.82) is 0 Å². The molecular formula is C24H15BrCl2N2O3S2. The Morgan fingerprint density at radius 1 is 1.09 bits per heavy atom. The van der Waals surface area contributed by atoms with Crippen molar-refractivity contribution in [3.63, 3.8) is 0 Å². The third kappa shape index (κ3) is 5.64. The minimum absolute atomic E-state index is 0.199. The number of carbonyl (C=O) groups is 2. The summed E-state index contributed by atoms with van der Waals surface area (Å²) in [4.78, 5) is 26.0. The van der Waals surface area contributed by atoms with Gasteiger partial charge in [-0.05, 0) is 54.7 Å². The summed E-state index contributed by atoms with van der Waals surface area (Å²) < 4.78 is 7.00. The average molecular weight is 594 g/mol. The van der Waals surface area contributed by atoms with Gasteiger partial charge in [-0.1, -0.05) is 81.2 Å². The summed E-state index contributed by atoms with van der Waals surface area (Å²) >= 11 is 22.2. The number of halogens is 3. The van der Waals surface area contributed by atoms with E-state index >= 15 is 0 Å². The van der Waals surface area contributed by atoms with E-state index < -0.39 is 11.8 Å². The Morgan fingerprint density at radius 3 is 2.53 bits per heavy atom. The number of carbonyl (C=O) groups excluding carboxylic acids is 2. The summed E-state index contributed by atoms with van der Waals surface area (Å²) in [5.41, 5.74) is 4.28. The Morgan fingerprint density at radius 2 is 1.79 bits per heavy atom. The first kappa shape index (κ1) is 24.8. The van der Waals surface area contributed by atoms with E-state index in [-0.39, 0.29) is 21.5 Å². The fourth-order valence-corrected chi connectivity index (χ4v) is 5.01. The highest BCUT2D eigenvalue weighted by Crippen LogP contribution is 2.35. The molecule has 172 valence electrons. The van der Waals surface area contributed by atoms with Gasteiger partial charge in [-0.3, -0.25) is 15.0 Å². The van der Waals surface area contributed by atoms with Gasteiger partial charge < -0.3 is 4.74 Å². The summed E-state index contributed by atoms with van der Waals surface area (Å²) in [5, 5.41) is 1.92. The topological polar surface area (TPSA) is 58.6 Å². The van der Waals surface area contributed by atoms with Crippen LogP contribution in [0.5, 0.6) is 5.75 Å². The SMILES string of the molecule is O=C(NN1C(=O)/C(=C\c2cc(Br)ccc2OCc2ccccc2Cl)SC1=S)c1ccccc1Cl. The van der Waals surface area contributed by atoms with Crippen LogP contribution in [0.15, 0.2) is 76.1 Å². The van der Waals surface area contributed by atoms with Crippen molar-refractivity contribution in [3.8, 4) is 5.75 Å². The van der Waals surface area contributed by atoms with Crippen LogP contribution in [0.2, 0.25) is 10.0 Å². The molecule has 1 heterocycles. The quantitative estimate of drug-likeness (QED) is 0.249. The molecule has 0 unspecified atom stereocenters. The van der Waals surface area contributed by atoms with Crippen LogP contribution < -0.4 is 10.2 Å². The van der Waals surface area contributed by atoms with E-state index in [9.17, 15) is 9.59 Å². The number of thioether (sulfide) groups is 1. The minimum Gasteiger partial charge on any atom is -0.488 e. The normalized spacial score (nSPS) is 14.6. The van der Waals surface area contributed by atoms with E-state index in [0.717, 1.165) is 26.8 Å². The molecule has 1 saturated heterocycles. The highest BCUT2D eigenvalue weighted by molar-refractivity contribution is 9.10. The largest absolute Gasteiger partial charge is 0.488 e. The highest BCUT2D eigenvalue weighted by atomic mass is 79.9. The Hall–Kier alpha value is -2.36. The zero-order valence-electron chi connectivity index (χ0n) is 17.3. The number of rotatable bonds is 6. The van der Waals surface area contributed by atoms with E-state index in [1.54, 1.807) is 42.5 Å². The molecule has 3 aromatic carbocycles. The second-order valence-corrected chi connectivity index (χ2v) is 10.4. The van der Waals surface area contributed by atoms with Crippen LogP contribution in [0, 0.1) is 0 Å². The van der Waals surface area contributed by atoms with Crippen LogP contribution in [0.25, 0.3) is 6.08 Å². The van der Waals surface area contributed by atoms with Crippen molar-refractivity contribution in [2.45, 2.75) is 6.61 Å². The number of benzene rings is 3. The van der Waals surface area contributed by atoms with E-state index in [0.29, 0.717) is 21.2 Å². The molecule has 1 aliphatic heterocycles. The van der Waals surface area contributed by atoms with Crippen LogP contribution in [0.3, 0.4) is 0 Å². The first-order valence-corrected chi connectivity index (χ1v) is 12.6. The molecule has 0 atom stereocenters. The van der Waals surface area contributed by atoms with Gasteiger partial charge in [0.1, 0.15) is 12.4 Å². The molecule has 0 bridgehead atoms. The average Bonchev–Trinajstić information content (AvgIpc) is 3.07. The zero-order valence-corrected chi connectivity index (χ0v) is 22.0. The lowest BCUT2D eigenvalue weighted by Crippen LogP contribution is -2.44. The number of hydrogen-bond donors (Lipinski definition) is 1. The Balaban J connectivity index is 1.55. The number of nitrogens with zero attached hydrogens (tertiary/aromatic N) is 1. The molecule has 3 aromatic rings. The lowest BCUT2D eigenvalue weighted by molar-refractivity contribution is -0.123. The lowest BCUT2D eigenvalue weighted by atomic mass is 10.1. The molecule has 1 fully saturated rings. The molecule has 0 saturated carbocycles. The second kappa shape index (κ2) is 10.9. The number of hydrazine groups is 1. The predicted molar refractivity (Wildman–Crippen MR) is 144 cm³/mol. The number of hydrogen-bond acceptors (Lipinski definition) is 5. The Labute approximate surface area is 224 Å². The third-order valence-electron chi connectivity index (χ3n) is 4.72. The molecule has 34 heavy (non-hydrogen) atoms. The van der Waals surface area contributed by atoms with Gasteiger partial charge in [-0.25, -0.2) is 0 Å². The van der Waals surface area contributed by atoms with Gasteiger partial charge in [-0.2, -0.15) is 5.01 Å². The predicted octanol–water partition coefficient (Wildman–Crippen LogP) is 6.88. The molecule has 0 radical (unpaired) electrons. The van der Waals surface area contributed by atoms with Gasteiger partial charge in [0, 0.05) is 20.6 Å². The van der Waals surface area contributed by atoms with E-state index in [1.807, 2.05) is 30.3 Å². The first-order valence-electron chi connectivity index (χ1n) is 9.82. The fourth-order valence-electron chi connectivity index (χ4n) is 3.05. The monoisotopic (exact) mass is 592 g/mol. The summed E-state index contributed by atoms with van der Waals surface area (Å²) in [5.74, 6) is -0.421. The molecule has 2 amide bonds. The van der Waals surface area contributed by atoms with Gasteiger partial charge in [0.05, 0.1) is 15.5 Å². The lowest BCUT2D eigenvalue weighted by Gasteiger charge is -2.16. The van der Waals surface area contributed by atoms with Gasteiger partial charge >= 0.3 is 0 Å². The smallest absolute Gasteiger partial charge is 0.285 e. The maximum Gasteiger partial charge on any atom is 0.285 e. The van der Waals surface area contributed by atoms with Crippen LogP contribution in [-0.4, -0.2) is 21.1 Å². The second-order valence-electron chi connectivity index (χ2n) is 7.00. The van der Waals surface area contributed by atoms with Gasteiger partial charge in [-0.15, -0.1) is 0 Å². The Kier molecular flexibility index (Phi) is 7.95. The Bertz CT molecular complexity index is 1330. The van der Waals surface area contributed by atoms with Crippen LogP contribution in [0.1, 0.15) is 21.5 Å². The van der Waals surface area contributed by atoms with Gasteiger partial charge in [0.25, 0.3) is 11.8 Å².